The molecule has 0 saturated heterocycles. The highest BCUT2D eigenvalue weighted by Crippen LogP contribution is 2.18. The number of carbonyl (C=O) groups is 2. The maximum atomic E-state index is 12.7. The van der Waals surface area contributed by atoms with E-state index in [-0.39, 0.29) is 17.7 Å². The first kappa shape index (κ1) is 16.9. The maximum Gasteiger partial charge on any atom is 0.246 e. The van der Waals surface area contributed by atoms with Crippen LogP contribution in [0.3, 0.4) is 0 Å². The Bertz CT molecular complexity index is 681. The number of rotatable bonds is 6. The van der Waals surface area contributed by atoms with Gasteiger partial charge in [0.25, 0.3) is 0 Å². The van der Waals surface area contributed by atoms with E-state index < -0.39 is 6.04 Å². The number of Topliss-reactive ketones (excluding diaryl/α,β-unsaturated/α-hetero) is 1. The van der Waals surface area contributed by atoms with Gasteiger partial charge >= 0.3 is 0 Å². The third kappa shape index (κ3) is 4.76. The maximum absolute atomic E-state index is 12.7. The van der Waals surface area contributed by atoms with Crippen molar-refractivity contribution in [1.29, 1.82) is 0 Å². The minimum absolute atomic E-state index is 0.0268. The molecule has 23 heavy (non-hydrogen) atoms. The molecule has 2 aromatic carbocycles. The molecule has 0 aliphatic rings. The predicted molar refractivity (Wildman–Crippen MR) is 92.5 cm³/mol. The number of hydrogen-bond acceptors (Lipinski definition) is 3. The van der Waals surface area contributed by atoms with Crippen LogP contribution in [0.5, 0.6) is 0 Å². The molecule has 4 nitrogen and oxygen atoms in total. The van der Waals surface area contributed by atoms with Gasteiger partial charge in [0.1, 0.15) is 6.04 Å². The van der Waals surface area contributed by atoms with E-state index in [4.69, 9.17) is 0 Å². The summed E-state index contributed by atoms with van der Waals surface area (Å²) in [5.74, 6) is -0.174. The number of ketones is 1. The van der Waals surface area contributed by atoms with E-state index in [9.17, 15) is 9.59 Å². The van der Waals surface area contributed by atoms with Crippen molar-refractivity contribution in [2.45, 2.75) is 32.9 Å². The number of amides is 1. The van der Waals surface area contributed by atoms with Crippen molar-refractivity contribution in [2.75, 3.05) is 5.32 Å². The van der Waals surface area contributed by atoms with Crippen LogP contribution >= 0.6 is 0 Å². The molecule has 1 atom stereocenters. The van der Waals surface area contributed by atoms with E-state index in [0.29, 0.717) is 11.3 Å². The van der Waals surface area contributed by atoms with Crippen LogP contribution in [0.25, 0.3) is 0 Å². The fraction of sp³-hybridized carbons (Fsp3) is 0.263. The van der Waals surface area contributed by atoms with Gasteiger partial charge in [-0.3, -0.25) is 14.9 Å². The SMILES string of the molecule is CC(=O)c1cccc(NC(=O)[C@H](NC(C)C)c2ccccc2)c1. The summed E-state index contributed by atoms with van der Waals surface area (Å²) in [5.41, 5.74) is 2.10. The first-order valence-electron chi connectivity index (χ1n) is 7.70. The van der Waals surface area contributed by atoms with Crippen molar-refractivity contribution in [2.24, 2.45) is 0 Å². The van der Waals surface area contributed by atoms with E-state index in [0.717, 1.165) is 5.56 Å². The predicted octanol–water partition coefficient (Wildman–Crippen LogP) is 3.57. The molecule has 0 aliphatic heterocycles. The molecule has 0 aliphatic carbocycles. The average molecular weight is 310 g/mol. The zero-order valence-electron chi connectivity index (χ0n) is 13.7. The number of anilines is 1. The lowest BCUT2D eigenvalue weighted by molar-refractivity contribution is -0.118. The van der Waals surface area contributed by atoms with Gasteiger partial charge in [0.2, 0.25) is 5.91 Å². The van der Waals surface area contributed by atoms with Crippen LogP contribution in [0.4, 0.5) is 5.69 Å². The average Bonchev–Trinajstić information content (AvgIpc) is 2.53. The van der Waals surface area contributed by atoms with E-state index in [1.54, 1.807) is 24.3 Å². The molecule has 0 saturated carbocycles. The largest absolute Gasteiger partial charge is 0.324 e. The zero-order chi connectivity index (χ0) is 16.8. The lowest BCUT2D eigenvalue weighted by Gasteiger charge is -2.21. The fourth-order valence-electron chi connectivity index (χ4n) is 2.33. The van der Waals surface area contributed by atoms with Crippen LogP contribution in [0.2, 0.25) is 0 Å². The summed E-state index contributed by atoms with van der Waals surface area (Å²) in [6.07, 6.45) is 0. The molecule has 0 bridgehead atoms. The Kier molecular flexibility index (Phi) is 5.66. The van der Waals surface area contributed by atoms with Crippen LogP contribution in [-0.2, 0) is 4.79 Å². The van der Waals surface area contributed by atoms with Gasteiger partial charge in [-0.05, 0) is 38.5 Å². The normalized spacial score (nSPS) is 12.0. The monoisotopic (exact) mass is 310 g/mol. The Morgan fingerprint density at radius 2 is 1.65 bits per heavy atom. The third-order valence-corrected chi connectivity index (χ3v) is 3.43. The van der Waals surface area contributed by atoms with Crippen molar-refractivity contribution in [3.8, 4) is 0 Å². The number of benzene rings is 2. The molecule has 2 rings (SSSR count). The van der Waals surface area contributed by atoms with Crippen molar-refractivity contribution in [3.63, 3.8) is 0 Å². The minimum Gasteiger partial charge on any atom is -0.324 e. The second-order valence-corrected chi connectivity index (χ2v) is 5.79. The molecule has 0 radical (unpaired) electrons. The lowest BCUT2D eigenvalue weighted by atomic mass is 10.0. The van der Waals surface area contributed by atoms with Gasteiger partial charge in [-0.15, -0.1) is 0 Å². The molecule has 4 heteroatoms. The van der Waals surface area contributed by atoms with Gasteiger partial charge in [-0.2, -0.15) is 0 Å². The number of hydrogen-bond donors (Lipinski definition) is 2. The van der Waals surface area contributed by atoms with Gasteiger partial charge in [0, 0.05) is 17.3 Å². The summed E-state index contributed by atoms with van der Waals surface area (Å²) >= 11 is 0. The standard InChI is InChI=1S/C19H22N2O2/c1-13(2)20-18(15-8-5-4-6-9-15)19(23)21-17-11-7-10-16(12-17)14(3)22/h4-13,18,20H,1-3H3,(H,21,23)/t18-/m1/s1. The summed E-state index contributed by atoms with van der Waals surface area (Å²) < 4.78 is 0. The smallest absolute Gasteiger partial charge is 0.246 e. The molecule has 0 aromatic heterocycles. The van der Waals surface area contributed by atoms with Gasteiger partial charge in [-0.25, -0.2) is 0 Å². The molecular weight excluding hydrogens is 288 g/mol. The highest BCUT2D eigenvalue weighted by atomic mass is 16.2. The quantitative estimate of drug-likeness (QED) is 0.802. The summed E-state index contributed by atoms with van der Waals surface area (Å²) in [4.78, 5) is 24.1. The molecule has 0 heterocycles. The zero-order valence-corrected chi connectivity index (χ0v) is 13.7. The molecule has 2 aromatic rings. The number of nitrogens with one attached hydrogen (secondary N) is 2. The molecule has 1 amide bonds. The first-order valence-corrected chi connectivity index (χ1v) is 7.70. The van der Waals surface area contributed by atoms with Gasteiger partial charge in [0.05, 0.1) is 0 Å². The lowest BCUT2D eigenvalue weighted by Crippen LogP contribution is -2.36. The summed E-state index contributed by atoms with van der Waals surface area (Å²) in [6, 6.07) is 16.3. The summed E-state index contributed by atoms with van der Waals surface area (Å²) in [7, 11) is 0. The second kappa shape index (κ2) is 7.70. The minimum atomic E-state index is -0.447. The van der Waals surface area contributed by atoms with E-state index in [1.807, 2.05) is 44.2 Å². The Hall–Kier alpha value is -2.46. The van der Waals surface area contributed by atoms with Crippen LogP contribution in [-0.4, -0.2) is 17.7 Å². The molecule has 2 N–H and O–H groups in total. The van der Waals surface area contributed by atoms with Gasteiger partial charge in [0.15, 0.2) is 5.78 Å². The van der Waals surface area contributed by atoms with E-state index >= 15 is 0 Å². The highest BCUT2D eigenvalue weighted by Gasteiger charge is 2.21. The Morgan fingerprint density at radius 3 is 2.26 bits per heavy atom. The van der Waals surface area contributed by atoms with Crippen LogP contribution in [0.15, 0.2) is 54.6 Å². The Balaban J connectivity index is 2.21. The van der Waals surface area contributed by atoms with Crippen molar-refractivity contribution < 1.29 is 9.59 Å². The number of carbonyl (C=O) groups excluding carboxylic acids is 2. The third-order valence-electron chi connectivity index (χ3n) is 3.43. The first-order chi connectivity index (χ1) is 11.0. The van der Waals surface area contributed by atoms with Crippen molar-refractivity contribution >= 4 is 17.4 Å². The summed E-state index contributed by atoms with van der Waals surface area (Å²) in [5, 5.41) is 6.16. The molecular formula is C19H22N2O2. The van der Waals surface area contributed by atoms with Gasteiger partial charge < -0.3 is 5.32 Å². The van der Waals surface area contributed by atoms with E-state index in [1.165, 1.54) is 6.92 Å². The van der Waals surface area contributed by atoms with E-state index in [2.05, 4.69) is 10.6 Å². The molecule has 0 unspecified atom stereocenters. The molecule has 0 spiro atoms. The van der Waals surface area contributed by atoms with Crippen LogP contribution < -0.4 is 10.6 Å². The van der Waals surface area contributed by atoms with Gasteiger partial charge in [-0.1, -0.05) is 42.5 Å². The second-order valence-electron chi connectivity index (χ2n) is 5.79. The molecule has 0 fully saturated rings. The van der Waals surface area contributed by atoms with Crippen LogP contribution in [0.1, 0.15) is 42.7 Å². The van der Waals surface area contributed by atoms with Crippen molar-refractivity contribution in [1.82, 2.24) is 5.32 Å². The topological polar surface area (TPSA) is 58.2 Å². The molecule has 120 valence electrons. The Labute approximate surface area is 136 Å². The van der Waals surface area contributed by atoms with Crippen LogP contribution in [0, 0.1) is 0 Å². The highest BCUT2D eigenvalue weighted by molar-refractivity contribution is 5.98. The fourth-order valence-corrected chi connectivity index (χ4v) is 2.33. The summed E-state index contributed by atoms with van der Waals surface area (Å²) in [6.45, 7) is 5.51. The van der Waals surface area contributed by atoms with Crippen molar-refractivity contribution in [3.05, 3.63) is 65.7 Å². The Morgan fingerprint density at radius 1 is 0.957 bits per heavy atom.